The molecule has 23 heavy (non-hydrogen) atoms. The van der Waals surface area contributed by atoms with E-state index in [1.54, 1.807) is 11.3 Å². The number of carboxylic acid groups (broad SMARTS) is 1. The molecule has 1 aliphatic rings. The Hall–Kier alpha value is -1.69. The van der Waals surface area contributed by atoms with Crippen LogP contribution in [0.15, 0.2) is 47.2 Å². The number of hydrogen-bond donors (Lipinski definition) is 2. The molecule has 0 radical (unpaired) electrons. The van der Waals surface area contributed by atoms with Crippen molar-refractivity contribution in [1.29, 1.82) is 0 Å². The molecule has 2 aromatic rings. The molecule has 2 atom stereocenters. The Morgan fingerprint density at radius 1 is 1.26 bits per heavy atom. The van der Waals surface area contributed by atoms with E-state index in [9.17, 15) is 15.0 Å². The number of benzene rings is 1. The van der Waals surface area contributed by atoms with Gasteiger partial charge in [0.15, 0.2) is 0 Å². The first kappa shape index (κ1) is 16.2. The highest BCUT2D eigenvalue weighted by molar-refractivity contribution is 7.07. The van der Waals surface area contributed by atoms with E-state index in [4.69, 9.17) is 0 Å². The number of likely N-dealkylation sites (tertiary alicyclic amines) is 1. The van der Waals surface area contributed by atoms with Crippen LogP contribution in [0.4, 0.5) is 0 Å². The van der Waals surface area contributed by atoms with Gasteiger partial charge >= 0.3 is 5.97 Å². The molecule has 0 amide bonds. The molecule has 1 fully saturated rings. The third-order valence-corrected chi connectivity index (χ3v) is 5.45. The number of carbonyl (C=O) groups is 1. The van der Waals surface area contributed by atoms with Crippen molar-refractivity contribution in [3.63, 3.8) is 0 Å². The van der Waals surface area contributed by atoms with Gasteiger partial charge in [0.1, 0.15) is 5.41 Å². The molecule has 2 N–H and O–H groups in total. The Bertz CT molecular complexity index is 644. The predicted octanol–water partition coefficient (Wildman–Crippen LogP) is 2.63. The Morgan fingerprint density at radius 3 is 2.65 bits per heavy atom. The van der Waals surface area contributed by atoms with Gasteiger partial charge in [-0.3, -0.25) is 9.69 Å². The summed E-state index contributed by atoms with van der Waals surface area (Å²) in [6.07, 6.45) is -0.0355. The molecule has 0 bridgehead atoms. The fourth-order valence-corrected chi connectivity index (χ4v) is 3.97. The van der Waals surface area contributed by atoms with Crippen LogP contribution in [-0.2, 0) is 17.8 Å². The van der Waals surface area contributed by atoms with Crippen LogP contribution in [-0.4, -0.2) is 40.3 Å². The SMILES string of the molecule is O=C(O)[C@@]1(Cc2ccccc2)CCN(Cc2ccsc2)C[C@@H]1O. The van der Waals surface area contributed by atoms with Gasteiger partial charge in [0.25, 0.3) is 0 Å². The molecule has 4 nitrogen and oxygen atoms in total. The van der Waals surface area contributed by atoms with Gasteiger partial charge in [-0.05, 0) is 47.3 Å². The second kappa shape index (κ2) is 6.83. The summed E-state index contributed by atoms with van der Waals surface area (Å²) in [5.41, 5.74) is 1.08. The summed E-state index contributed by atoms with van der Waals surface area (Å²) in [6, 6.07) is 11.6. The normalized spacial score (nSPS) is 25.3. The minimum Gasteiger partial charge on any atom is -0.481 e. The minimum atomic E-state index is -1.09. The maximum absolute atomic E-state index is 11.9. The topological polar surface area (TPSA) is 60.8 Å². The molecule has 122 valence electrons. The van der Waals surface area contributed by atoms with Crippen molar-refractivity contribution in [3.05, 3.63) is 58.3 Å². The number of aliphatic carboxylic acids is 1. The third-order valence-electron chi connectivity index (χ3n) is 4.72. The van der Waals surface area contributed by atoms with E-state index in [2.05, 4.69) is 16.3 Å². The fourth-order valence-electron chi connectivity index (χ4n) is 3.31. The maximum atomic E-state index is 11.9. The van der Waals surface area contributed by atoms with Crippen LogP contribution in [0.3, 0.4) is 0 Å². The Balaban J connectivity index is 1.73. The van der Waals surface area contributed by atoms with Crippen LogP contribution in [0.5, 0.6) is 0 Å². The van der Waals surface area contributed by atoms with Crippen molar-refractivity contribution in [1.82, 2.24) is 4.90 Å². The van der Waals surface area contributed by atoms with Crippen molar-refractivity contribution in [2.75, 3.05) is 13.1 Å². The zero-order valence-corrected chi connectivity index (χ0v) is 13.7. The molecular weight excluding hydrogens is 310 g/mol. The van der Waals surface area contributed by atoms with E-state index in [0.29, 0.717) is 25.9 Å². The maximum Gasteiger partial charge on any atom is 0.312 e. The van der Waals surface area contributed by atoms with Crippen molar-refractivity contribution in [3.8, 4) is 0 Å². The van der Waals surface area contributed by atoms with E-state index in [1.807, 2.05) is 35.7 Å². The van der Waals surface area contributed by atoms with E-state index >= 15 is 0 Å². The molecule has 5 heteroatoms. The molecule has 0 spiro atoms. The lowest BCUT2D eigenvalue weighted by Gasteiger charge is -2.42. The largest absolute Gasteiger partial charge is 0.481 e. The smallest absolute Gasteiger partial charge is 0.312 e. The minimum absolute atomic E-state index is 0.372. The number of rotatable bonds is 5. The molecule has 3 rings (SSSR count). The fraction of sp³-hybridized carbons (Fsp3) is 0.389. The summed E-state index contributed by atoms with van der Waals surface area (Å²) in [5.74, 6) is -0.899. The van der Waals surface area contributed by atoms with E-state index in [1.165, 1.54) is 5.56 Å². The van der Waals surface area contributed by atoms with Crippen molar-refractivity contribution < 1.29 is 15.0 Å². The average molecular weight is 331 g/mol. The van der Waals surface area contributed by atoms with Crippen LogP contribution in [0.25, 0.3) is 0 Å². The monoisotopic (exact) mass is 331 g/mol. The number of nitrogens with zero attached hydrogens (tertiary/aromatic N) is 1. The van der Waals surface area contributed by atoms with Crippen molar-refractivity contribution >= 4 is 17.3 Å². The summed E-state index contributed by atoms with van der Waals surface area (Å²) >= 11 is 1.65. The van der Waals surface area contributed by atoms with Gasteiger partial charge in [0.2, 0.25) is 0 Å². The molecule has 1 aromatic heterocycles. The predicted molar refractivity (Wildman–Crippen MR) is 90.4 cm³/mol. The van der Waals surface area contributed by atoms with Gasteiger partial charge < -0.3 is 10.2 Å². The number of thiophene rings is 1. The van der Waals surface area contributed by atoms with Crippen LogP contribution in [0.1, 0.15) is 17.5 Å². The second-order valence-electron chi connectivity index (χ2n) is 6.26. The highest BCUT2D eigenvalue weighted by Gasteiger charge is 2.48. The number of aliphatic hydroxyl groups is 1. The highest BCUT2D eigenvalue weighted by atomic mass is 32.1. The van der Waals surface area contributed by atoms with Gasteiger partial charge in [-0.1, -0.05) is 30.3 Å². The number of aliphatic hydroxyl groups excluding tert-OH is 1. The van der Waals surface area contributed by atoms with E-state index in [0.717, 1.165) is 12.1 Å². The van der Waals surface area contributed by atoms with Crippen LogP contribution in [0, 0.1) is 5.41 Å². The lowest BCUT2D eigenvalue weighted by Crippen LogP contribution is -2.55. The number of β-amino-alcohol motifs (C(OH)–C–C–N with tert-alkyl or cyclic N) is 1. The zero-order chi connectivity index (χ0) is 16.3. The van der Waals surface area contributed by atoms with Crippen LogP contribution >= 0.6 is 11.3 Å². The molecule has 0 saturated carbocycles. The molecule has 2 heterocycles. The molecule has 1 aliphatic heterocycles. The van der Waals surface area contributed by atoms with Gasteiger partial charge in [-0.25, -0.2) is 0 Å². The molecular formula is C18H21NO3S. The molecule has 1 aromatic carbocycles. The summed E-state index contributed by atoms with van der Waals surface area (Å²) in [6.45, 7) is 1.85. The Labute approximate surface area is 140 Å². The first-order chi connectivity index (χ1) is 11.1. The molecule has 0 unspecified atom stereocenters. The van der Waals surface area contributed by atoms with Gasteiger partial charge in [-0.2, -0.15) is 11.3 Å². The van der Waals surface area contributed by atoms with E-state index < -0.39 is 17.5 Å². The van der Waals surface area contributed by atoms with Gasteiger partial charge in [0.05, 0.1) is 6.10 Å². The number of carboxylic acids is 1. The van der Waals surface area contributed by atoms with Gasteiger partial charge in [0, 0.05) is 13.1 Å². The quantitative estimate of drug-likeness (QED) is 0.884. The molecule has 0 aliphatic carbocycles. The van der Waals surface area contributed by atoms with E-state index in [-0.39, 0.29) is 0 Å². The Morgan fingerprint density at radius 2 is 2.04 bits per heavy atom. The van der Waals surface area contributed by atoms with Gasteiger partial charge in [-0.15, -0.1) is 0 Å². The summed E-state index contributed by atoms with van der Waals surface area (Å²) in [4.78, 5) is 14.1. The first-order valence-corrected chi connectivity index (χ1v) is 8.73. The second-order valence-corrected chi connectivity index (χ2v) is 7.04. The van der Waals surface area contributed by atoms with Crippen LogP contribution in [0.2, 0.25) is 0 Å². The number of hydrogen-bond acceptors (Lipinski definition) is 4. The van der Waals surface area contributed by atoms with Crippen LogP contribution < -0.4 is 0 Å². The summed E-state index contributed by atoms with van der Waals surface area (Å²) in [7, 11) is 0. The standard InChI is InChI=1S/C18H21NO3S/c20-16-12-19(11-15-6-9-23-13-15)8-7-18(16,17(21)22)10-14-4-2-1-3-5-14/h1-6,9,13,16,20H,7-8,10-12H2,(H,21,22)/t16-,18+/m0/s1. The Kier molecular flexibility index (Phi) is 4.80. The van der Waals surface area contributed by atoms with Crippen molar-refractivity contribution in [2.24, 2.45) is 5.41 Å². The zero-order valence-electron chi connectivity index (χ0n) is 12.9. The lowest BCUT2D eigenvalue weighted by molar-refractivity contribution is -0.163. The molecule has 1 saturated heterocycles. The summed E-state index contributed by atoms with van der Waals surface area (Å²) in [5, 5.41) is 24.5. The first-order valence-electron chi connectivity index (χ1n) is 7.79. The third kappa shape index (κ3) is 3.47. The lowest BCUT2D eigenvalue weighted by atomic mass is 9.71. The van der Waals surface area contributed by atoms with Crippen molar-refractivity contribution in [2.45, 2.75) is 25.5 Å². The average Bonchev–Trinajstić information content (AvgIpc) is 3.04. The number of piperidine rings is 1. The summed E-state index contributed by atoms with van der Waals surface area (Å²) < 4.78 is 0. The highest BCUT2D eigenvalue weighted by Crippen LogP contribution is 2.36.